The average molecular weight is 351 g/mol. The second-order valence-electron chi connectivity index (χ2n) is 7.29. The molecule has 2 fully saturated rings. The van der Waals surface area contributed by atoms with E-state index in [1.54, 1.807) is 11.3 Å². The number of rotatable bonds is 5. The van der Waals surface area contributed by atoms with Crippen molar-refractivity contribution in [2.24, 2.45) is 0 Å². The molecule has 1 aromatic rings. The molecule has 1 aromatic heterocycles. The maximum Gasteiger partial charge on any atom is 0.317 e. The fourth-order valence-electron chi connectivity index (χ4n) is 3.60. The minimum atomic E-state index is 0.0927. The van der Waals surface area contributed by atoms with E-state index in [1.807, 2.05) is 4.90 Å². The molecule has 0 saturated carbocycles. The predicted molar refractivity (Wildman–Crippen MR) is 98.7 cm³/mol. The molecule has 2 amide bonds. The number of nitrogens with zero attached hydrogens (tertiary/aromatic N) is 3. The van der Waals surface area contributed by atoms with E-state index >= 15 is 0 Å². The Bertz CT molecular complexity index is 539. The molecule has 0 aromatic carbocycles. The summed E-state index contributed by atoms with van der Waals surface area (Å²) in [7, 11) is 0. The van der Waals surface area contributed by atoms with E-state index in [0.29, 0.717) is 18.5 Å². The summed E-state index contributed by atoms with van der Waals surface area (Å²) >= 11 is 1.70. The molecule has 1 atom stereocenters. The van der Waals surface area contributed by atoms with Gasteiger partial charge in [-0.1, -0.05) is 20.3 Å². The molecule has 0 spiro atoms. The van der Waals surface area contributed by atoms with Gasteiger partial charge in [0.25, 0.3) is 0 Å². The highest BCUT2D eigenvalue weighted by Crippen LogP contribution is 2.20. The molecule has 134 valence electrons. The van der Waals surface area contributed by atoms with Gasteiger partial charge in [0, 0.05) is 37.5 Å². The number of amides is 2. The highest BCUT2D eigenvalue weighted by molar-refractivity contribution is 7.09. The average Bonchev–Trinajstić information content (AvgIpc) is 3.25. The van der Waals surface area contributed by atoms with Crippen LogP contribution >= 0.6 is 11.3 Å². The molecule has 0 bridgehead atoms. The lowest BCUT2D eigenvalue weighted by Crippen LogP contribution is -2.44. The van der Waals surface area contributed by atoms with Gasteiger partial charge in [0.15, 0.2) is 0 Å². The summed E-state index contributed by atoms with van der Waals surface area (Å²) in [6.45, 7) is 9.20. The third kappa shape index (κ3) is 4.48. The van der Waals surface area contributed by atoms with Crippen LogP contribution in [0, 0.1) is 0 Å². The number of hydrogen-bond acceptors (Lipinski definition) is 4. The van der Waals surface area contributed by atoms with Gasteiger partial charge in [-0.3, -0.25) is 4.90 Å². The molecule has 24 heavy (non-hydrogen) atoms. The fraction of sp³-hybridized carbons (Fsp3) is 0.778. The maximum atomic E-state index is 12.4. The first-order chi connectivity index (χ1) is 11.6. The van der Waals surface area contributed by atoms with E-state index in [1.165, 1.54) is 32.4 Å². The molecule has 6 heteroatoms. The van der Waals surface area contributed by atoms with Gasteiger partial charge < -0.3 is 10.2 Å². The van der Waals surface area contributed by atoms with Gasteiger partial charge in [-0.15, -0.1) is 11.3 Å². The number of thiazole rings is 1. The first kappa shape index (κ1) is 17.7. The number of hydrogen-bond donors (Lipinski definition) is 1. The van der Waals surface area contributed by atoms with Crippen molar-refractivity contribution < 1.29 is 4.79 Å². The Morgan fingerprint density at radius 1 is 1.33 bits per heavy atom. The van der Waals surface area contributed by atoms with Crippen LogP contribution in [-0.4, -0.2) is 59.6 Å². The molecule has 0 unspecified atom stereocenters. The van der Waals surface area contributed by atoms with Crippen molar-refractivity contribution in [3.8, 4) is 0 Å². The molecular weight excluding hydrogens is 320 g/mol. The van der Waals surface area contributed by atoms with E-state index in [4.69, 9.17) is 0 Å². The van der Waals surface area contributed by atoms with E-state index in [9.17, 15) is 4.79 Å². The minimum Gasteiger partial charge on any atom is -0.338 e. The van der Waals surface area contributed by atoms with Crippen LogP contribution in [-0.2, 0) is 6.42 Å². The minimum absolute atomic E-state index is 0.0927. The lowest BCUT2D eigenvalue weighted by atomic mass is 10.1. The zero-order valence-electron chi connectivity index (χ0n) is 15.0. The van der Waals surface area contributed by atoms with Crippen LogP contribution in [0.15, 0.2) is 5.38 Å². The van der Waals surface area contributed by atoms with E-state index in [-0.39, 0.29) is 6.03 Å². The largest absolute Gasteiger partial charge is 0.338 e. The van der Waals surface area contributed by atoms with Gasteiger partial charge in [-0.05, 0) is 38.3 Å². The Morgan fingerprint density at radius 3 is 2.83 bits per heavy atom. The molecule has 2 saturated heterocycles. The van der Waals surface area contributed by atoms with Crippen LogP contribution < -0.4 is 5.32 Å². The summed E-state index contributed by atoms with van der Waals surface area (Å²) in [5, 5.41) is 6.32. The van der Waals surface area contributed by atoms with E-state index in [0.717, 1.165) is 36.6 Å². The smallest absolute Gasteiger partial charge is 0.317 e. The molecule has 2 aliphatic heterocycles. The van der Waals surface area contributed by atoms with Crippen molar-refractivity contribution in [2.75, 3.05) is 32.7 Å². The Hall–Kier alpha value is -1.14. The first-order valence-electron chi connectivity index (χ1n) is 9.34. The Kier molecular flexibility index (Phi) is 6.11. The predicted octanol–water partition coefficient (Wildman–Crippen LogP) is 3.08. The van der Waals surface area contributed by atoms with Crippen molar-refractivity contribution in [3.05, 3.63) is 16.1 Å². The first-order valence-corrected chi connectivity index (χ1v) is 10.2. The fourth-order valence-corrected chi connectivity index (χ4v) is 4.56. The van der Waals surface area contributed by atoms with Crippen molar-refractivity contribution in [1.82, 2.24) is 20.1 Å². The normalized spacial score (nSPS) is 22.3. The number of likely N-dealkylation sites (tertiary alicyclic amines) is 2. The van der Waals surface area contributed by atoms with Crippen LogP contribution in [0.25, 0.3) is 0 Å². The van der Waals surface area contributed by atoms with Gasteiger partial charge >= 0.3 is 6.03 Å². The van der Waals surface area contributed by atoms with Gasteiger partial charge in [-0.2, -0.15) is 0 Å². The maximum absolute atomic E-state index is 12.4. The summed E-state index contributed by atoms with van der Waals surface area (Å²) < 4.78 is 0. The van der Waals surface area contributed by atoms with Gasteiger partial charge in [0.2, 0.25) is 0 Å². The standard InChI is InChI=1S/C18H30N4OS/c1-14(2)16-13-24-17(20-16)6-8-19-18(23)22-11-7-15(12-22)21-9-4-3-5-10-21/h13-15H,3-12H2,1-2H3,(H,19,23)/t15-/m1/s1. The molecule has 5 nitrogen and oxygen atoms in total. The zero-order chi connectivity index (χ0) is 16.9. The summed E-state index contributed by atoms with van der Waals surface area (Å²) in [6.07, 6.45) is 5.94. The Morgan fingerprint density at radius 2 is 2.12 bits per heavy atom. The van der Waals surface area contributed by atoms with Crippen LogP contribution in [0.2, 0.25) is 0 Å². The van der Waals surface area contributed by atoms with Crippen molar-refractivity contribution in [2.45, 2.75) is 57.9 Å². The second-order valence-corrected chi connectivity index (χ2v) is 8.23. The second kappa shape index (κ2) is 8.30. The molecule has 2 aliphatic rings. The quantitative estimate of drug-likeness (QED) is 0.888. The topological polar surface area (TPSA) is 48.5 Å². The lowest BCUT2D eigenvalue weighted by Gasteiger charge is -2.32. The number of carbonyl (C=O) groups is 1. The van der Waals surface area contributed by atoms with Crippen LogP contribution in [0.5, 0.6) is 0 Å². The molecule has 1 N–H and O–H groups in total. The summed E-state index contributed by atoms with van der Waals surface area (Å²) in [5.74, 6) is 0.473. The van der Waals surface area contributed by atoms with Crippen LogP contribution in [0.3, 0.4) is 0 Å². The molecule has 0 radical (unpaired) electrons. The van der Waals surface area contributed by atoms with Crippen LogP contribution in [0.1, 0.15) is 56.2 Å². The number of piperidine rings is 1. The SMILES string of the molecule is CC(C)c1csc(CCNC(=O)N2CC[C@@H](N3CCCCC3)C2)n1. The van der Waals surface area contributed by atoms with Gasteiger partial charge in [-0.25, -0.2) is 9.78 Å². The number of aromatic nitrogens is 1. The highest BCUT2D eigenvalue weighted by atomic mass is 32.1. The molecule has 0 aliphatic carbocycles. The van der Waals surface area contributed by atoms with Crippen molar-refractivity contribution >= 4 is 17.4 Å². The third-order valence-corrected chi connectivity index (χ3v) is 6.06. The highest BCUT2D eigenvalue weighted by Gasteiger charge is 2.30. The molecule has 3 rings (SSSR count). The van der Waals surface area contributed by atoms with Crippen molar-refractivity contribution in [1.29, 1.82) is 0 Å². The third-order valence-electron chi connectivity index (χ3n) is 5.13. The molecular formula is C18H30N4OS. The van der Waals surface area contributed by atoms with Crippen LogP contribution in [0.4, 0.5) is 4.79 Å². The van der Waals surface area contributed by atoms with Crippen molar-refractivity contribution in [3.63, 3.8) is 0 Å². The lowest BCUT2D eigenvalue weighted by molar-refractivity contribution is 0.161. The number of nitrogens with one attached hydrogen (secondary N) is 1. The van der Waals surface area contributed by atoms with E-state index < -0.39 is 0 Å². The summed E-state index contributed by atoms with van der Waals surface area (Å²) in [5.41, 5.74) is 1.16. The Balaban J connectivity index is 1.39. The van der Waals surface area contributed by atoms with Gasteiger partial charge in [0.1, 0.15) is 0 Å². The number of carbonyl (C=O) groups excluding carboxylic acids is 1. The molecule has 3 heterocycles. The van der Waals surface area contributed by atoms with Gasteiger partial charge in [0.05, 0.1) is 10.7 Å². The monoisotopic (exact) mass is 350 g/mol. The van der Waals surface area contributed by atoms with E-state index in [2.05, 4.69) is 34.4 Å². The summed E-state index contributed by atoms with van der Waals surface area (Å²) in [4.78, 5) is 21.6. The number of urea groups is 1. The zero-order valence-corrected chi connectivity index (χ0v) is 15.8. The summed E-state index contributed by atoms with van der Waals surface area (Å²) in [6, 6.07) is 0.666. The Labute approximate surface area is 149 Å².